The molecule has 0 aromatic carbocycles. The Balaban J connectivity index is 2.17. The second kappa shape index (κ2) is 3.50. The molecular weight excluding hydrogens is 182 g/mol. The van der Waals surface area contributed by atoms with Crippen LogP contribution in [0.2, 0.25) is 0 Å². The summed E-state index contributed by atoms with van der Waals surface area (Å²) in [7, 11) is 0. The van der Waals surface area contributed by atoms with Gasteiger partial charge in [0.1, 0.15) is 5.78 Å². The summed E-state index contributed by atoms with van der Waals surface area (Å²) in [6, 6.07) is 3.98. The van der Waals surface area contributed by atoms with Gasteiger partial charge in [-0.15, -0.1) is 11.8 Å². The first-order valence-electron chi connectivity index (χ1n) is 4.35. The molecule has 1 saturated heterocycles. The molecule has 0 bridgehead atoms. The van der Waals surface area contributed by atoms with Gasteiger partial charge in [-0.3, -0.25) is 9.78 Å². The summed E-state index contributed by atoms with van der Waals surface area (Å²) in [5.74, 6) is 0.367. The zero-order valence-corrected chi connectivity index (χ0v) is 8.25. The van der Waals surface area contributed by atoms with Crippen LogP contribution in [-0.4, -0.2) is 16.0 Å². The second-order valence-electron chi connectivity index (χ2n) is 3.22. The Morgan fingerprint density at radius 1 is 1.46 bits per heavy atom. The highest BCUT2D eigenvalue weighted by molar-refractivity contribution is 8.01. The SMILES string of the molecule is CC1SC(c2ccncc2)CC1=O. The number of nitrogens with zero attached hydrogens (tertiary/aromatic N) is 1. The standard InChI is InChI=1S/C10H11NOS/c1-7-9(12)6-10(13-7)8-2-4-11-5-3-8/h2-5,7,10H,6H2,1H3. The number of thioether (sulfide) groups is 1. The fourth-order valence-electron chi connectivity index (χ4n) is 1.49. The Bertz CT molecular complexity index is 312. The van der Waals surface area contributed by atoms with E-state index in [1.165, 1.54) is 5.56 Å². The number of hydrogen-bond acceptors (Lipinski definition) is 3. The lowest BCUT2D eigenvalue weighted by Crippen LogP contribution is -2.03. The molecule has 0 radical (unpaired) electrons. The highest BCUT2D eigenvalue weighted by atomic mass is 32.2. The third kappa shape index (κ3) is 1.75. The molecular formula is C10H11NOS. The average Bonchev–Trinajstić information content (AvgIpc) is 2.49. The fourth-order valence-corrected chi connectivity index (χ4v) is 2.81. The summed E-state index contributed by atoms with van der Waals surface area (Å²) < 4.78 is 0. The van der Waals surface area contributed by atoms with E-state index in [2.05, 4.69) is 4.98 Å². The smallest absolute Gasteiger partial charge is 0.147 e. The minimum Gasteiger partial charge on any atom is -0.298 e. The van der Waals surface area contributed by atoms with Gasteiger partial charge in [0, 0.05) is 24.1 Å². The molecule has 2 heterocycles. The van der Waals surface area contributed by atoms with Gasteiger partial charge in [-0.05, 0) is 24.6 Å². The fraction of sp³-hybridized carbons (Fsp3) is 0.400. The number of Topliss-reactive ketones (excluding diaryl/α,β-unsaturated/α-hetero) is 1. The molecule has 2 atom stereocenters. The maximum Gasteiger partial charge on any atom is 0.147 e. The normalized spacial score (nSPS) is 27.9. The predicted molar refractivity (Wildman–Crippen MR) is 53.7 cm³/mol. The lowest BCUT2D eigenvalue weighted by atomic mass is 10.1. The number of ketones is 1. The van der Waals surface area contributed by atoms with Crippen LogP contribution in [0.3, 0.4) is 0 Å². The maximum absolute atomic E-state index is 11.3. The molecule has 2 nitrogen and oxygen atoms in total. The van der Waals surface area contributed by atoms with Gasteiger partial charge in [-0.1, -0.05) is 0 Å². The van der Waals surface area contributed by atoms with E-state index < -0.39 is 0 Å². The molecule has 0 amide bonds. The first-order chi connectivity index (χ1) is 6.27. The molecule has 2 unspecified atom stereocenters. The van der Waals surface area contributed by atoms with E-state index in [0.29, 0.717) is 17.5 Å². The van der Waals surface area contributed by atoms with Crippen LogP contribution in [0.25, 0.3) is 0 Å². The molecule has 1 aliphatic rings. The predicted octanol–water partition coefficient (Wildman–Crippen LogP) is 2.22. The monoisotopic (exact) mass is 193 g/mol. The van der Waals surface area contributed by atoms with Gasteiger partial charge in [0.05, 0.1) is 5.25 Å². The van der Waals surface area contributed by atoms with Crippen molar-refractivity contribution in [2.24, 2.45) is 0 Å². The van der Waals surface area contributed by atoms with E-state index in [1.54, 1.807) is 24.2 Å². The van der Waals surface area contributed by atoms with Gasteiger partial charge < -0.3 is 0 Å². The number of rotatable bonds is 1. The lowest BCUT2D eigenvalue weighted by Gasteiger charge is -2.06. The van der Waals surface area contributed by atoms with Crippen LogP contribution in [0, 0.1) is 0 Å². The van der Waals surface area contributed by atoms with Crippen LogP contribution in [0.4, 0.5) is 0 Å². The molecule has 0 aliphatic carbocycles. The van der Waals surface area contributed by atoms with Gasteiger partial charge in [0.15, 0.2) is 0 Å². The third-order valence-electron chi connectivity index (χ3n) is 2.29. The average molecular weight is 193 g/mol. The third-order valence-corrected chi connectivity index (χ3v) is 3.72. The Hall–Kier alpha value is -0.830. The van der Waals surface area contributed by atoms with Crippen LogP contribution in [0.1, 0.15) is 24.2 Å². The Morgan fingerprint density at radius 2 is 2.15 bits per heavy atom. The minimum atomic E-state index is 0.165. The second-order valence-corrected chi connectivity index (χ2v) is 4.77. The number of aromatic nitrogens is 1. The highest BCUT2D eigenvalue weighted by Gasteiger charge is 2.30. The van der Waals surface area contributed by atoms with Crippen LogP contribution in [0.5, 0.6) is 0 Å². The molecule has 1 aliphatic heterocycles. The summed E-state index contributed by atoms with van der Waals surface area (Å²) in [5, 5.41) is 0.517. The van der Waals surface area contributed by atoms with Crippen molar-refractivity contribution in [2.45, 2.75) is 23.8 Å². The summed E-state index contributed by atoms with van der Waals surface area (Å²) >= 11 is 1.75. The number of carbonyl (C=O) groups excluding carboxylic acids is 1. The topological polar surface area (TPSA) is 30.0 Å². The van der Waals surface area contributed by atoms with E-state index in [1.807, 2.05) is 19.1 Å². The van der Waals surface area contributed by atoms with E-state index in [9.17, 15) is 4.79 Å². The molecule has 1 fully saturated rings. The van der Waals surface area contributed by atoms with Crippen molar-refractivity contribution in [3.8, 4) is 0 Å². The summed E-state index contributed by atoms with van der Waals surface area (Å²) in [6.45, 7) is 1.98. The first-order valence-corrected chi connectivity index (χ1v) is 5.30. The van der Waals surface area contributed by atoms with E-state index in [0.717, 1.165) is 0 Å². The van der Waals surface area contributed by atoms with Crippen LogP contribution in [-0.2, 0) is 4.79 Å². The molecule has 0 saturated carbocycles. The molecule has 2 rings (SSSR count). The molecule has 3 heteroatoms. The van der Waals surface area contributed by atoms with Crippen molar-refractivity contribution in [2.75, 3.05) is 0 Å². The van der Waals surface area contributed by atoms with Gasteiger partial charge >= 0.3 is 0 Å². The van der Waals surface area contributed by atoms with Crippen molar-refractivity contribution in [1.82, 2.24) is 4.98 Å². The molecule has 13 heavy (non-hydrogen) atoms. The quantitative estimate of drug-likeness (QED) is 0.685. The van der Waals surface area contributed by atoms with Crippen molar-refractivity contribution < 1.29 is 4.79 Å². The van der Waals surface area contributed by atoms with Crippen molar-refractivity contribution in [3.63, 3.8) is 0 Å². The molecule has 68 valence electrons. The van der Waals surface area contributed by atoms with Gasteiger partial charge in [0.25, 0.3) is 0 Å². The minimum absolute atomic E-state index is 0.165. The van der Waals surface area contributed by atoms with Gasteiger partial charge in [0.2, 0.25) is 0 Å². The van der Waals surface area contributed by atoms with Crippen molar-refractivity contribution in [3.05, 3.63) is 30.1 Å². The zero-order valence-electron chi connectivity index (χ0n) is 7.43. The number of carbonyl (C=O) groups is 1. The molecule has 0 N–H and O–H groups in total. The van der Waals surface area contributed by atoms with E-state index in [-0.39, 0.29) is 5.25 Å². The summed E-state index contributed by atoms with van der Waals surface area (Å²) in [6.07, 6.45) is 4.24. The van der Waals surface area contributed by atoms with Crippen LogP contribution in [0.15, 0.2) is 24.5 Å². The summed E-state index contributed by atoms with van der Waals surface area (Å²) in [4.78, 5) is 15.3. The molecule has 0 spiro atoms. The largest absolute Gasteiger partial charge is 0.298 e. The maximum atomic E-state index is 11.3. The Morgan fingerprint density at radius 3 is 2.69 bits per heavy atom. The molecule has 1 aromatic rings. The molecule has 1 aromatic heterocycles. The first kappa shape index (κ1) is 8.75. The Labute approximate surface area is 81.8 Å². The number of pyridine rings is 1. The van der Waals surface area contributed by atoms with E-state index >= 15 is 0 Å². The Kier molecular flexibility index (Phi) is 2.36. The van der Waals surface area contributed by atoms with Crippen LogP contribution >= 0.6 is 11.8 Å². The zero-order chi connectivity index (χ0) is 9.26. The van der Waals surface area contributed by atoms with Gasteiger partial charge in [-0.25, -0.2) is 0 Å². The lowest BCUT2D eigenvalue weighted by molar-refractivity contribution is -0.117. The van der Waals surface area contributed by atoms with Gasteiger partial charge in [-0.2, -0.15) is 0 Å². The van der Waals surface area contributed by atoms with Crippen molar-refractivity contribution >= 4 is 17.5 Å². The van der Waals surface area contributed by atoms with Crippen molar-refractivity contribution in [1.29, 1.82) is 0 Å². The summed E-state index contributed by atoms with van der Waals surface area (Å²) in [5.41, 5.74) is 1.22. The van der Waals surface area contributed by atoms with E-state index in [4.69, 9.17) is 0 Å². The number of hydrogen-bond donors (Lipinski definition) is 0. The van der Waals surface area contributed by atoms with Crippen LogP contribution < -0.4 is 0 Å². The highest BCUT2D eigenvalue weighted by Crippen LogP contribution is 2.42.